The topological polar surface area (TPSA) is 78.4 Å². The highest BCUT2D eigenvalue weighted by Gasteiger charge is 2.44. The van der Waals surface area contributed by atoms with E-state index in [9.17, 15) is 9.59 Å². The number of hydrogen-bond donors (Lipinski definition) is 3. The molecular formula is C13H15IN2O3. The van der Waals surface area contributed by atoms with E-state index in [1.54, 1.807) is 6.07 Å². The first-order valence-corrected chi connectivity index (χ1v) is 7.14. The van der Waals surface area contributed by atoms with Gasteiger partial charge in [-0.3, -0.25) is 4.79 Å². The molecule has 1 aliphatic rings. The lowest BCUT2D eigenvalue weighted by Gasteiger charge is -2.37. The van der Waals surface area contributed by atoms with Gasteiger partial charge in [0.25, 0.3) is 0 Å². The van der Waals surface area contributed by atoms with Crippen LogP contribution in [-0.2, 0) is 4.79 Å². The van der Waals surface area contributed by atoms with Crippen LogP contribution >= 0.6 is 22.6 Å². The van der Waals surface area contributed by atoms with E-state index in [-0.39, 0.29) is 12.6 Å². The number of carboxylic acids is 1. The predicted molar refractivity (Wildman–Crippen MR) is 80.1 cm³/mol. The van der Waals surface area contributed by atoms with Crippen molar-refractivity contribution in [2.75, 3.05) is 11.9 Å². The van der Waals surface area contributed by atoms with Gasteiger partial charge in [-0.15, -0.1) is 0 Å². The molecule has 0 radical (unpaired) electrons. The molecule has 1 aromatic carbocycles. The molecule has 3 N–H and O–H groups in total. The van der Waals surface area contributed by atoms with Gasteiger partial charge in [-0.1, -0.05) is 12.5 Å². The number of carbonyl (C=O) groups is 2. The monoisotopic (exact) mass is 374 g/mol. The Labute approximate surface area is 124 Å². The molecule has 1 fully saturated rings. The van der Waals surface area contributed by atoms with Crippen LogP contribution in [0.3, 0.4) is 0 Å². The Morgan fingerprint density at radius 1 is 1.37 bits per heavy atom. The van der Waals surface area contributed by atoms with Gasteiger partial charge in [0.2, 0.25) is 0 Å². The van der Waals surface area contributed by atoms with Crippen LogP contribution in [0.5, 0.6) is 0 Å². The van der Waals surface area contributed by atoms with Crippen molar-refractivity contribution < 1.29 is 14.7 Å². The Balaban J connectivity index is 1.87. The summed E-state index contributed by atoms with van der Waals surface area (Å²) in [5.41, 5.74) is -0.0648. The number of benzene rings is 1. The third-order valence-electron chi connectivity index (χ3n) is 3.43. The summed E-state index contributed by atoms with van der Waals surface area (Å²) in [6, 6.07) is 7.04. The van der Waals surface area contributed by atoms with Crippen LogP contribution in [0.15, 0.2) is 24.3 Å². The quantitative estimate of drug-likeness (QED) is 0.710. The second kappa shape index (κ2) is 5.77. The maximum absolute atomic E-state index is 11.7. The van der Waals surface area contributed by atoms with Crippen molar-refractivity contribution in [2.24, 2.45) is 5.41 Å². The molecule has 5 nitrogen and oxygen atoms in total. The second-order valence-electron chi connectivity index (χ2n) is 4.76. The van der Waals surface area contributed by atoms with E-state index in [4.69, 9.17) is 5.11 Å². The maximum atomic E-state index is 11.7. The van der Waals surface area contributed by atoms with E-state index in [1.165, 1.54) is 0 Å². The normalized spacial score (nSPS) is 16.3. The van der Waals surface area contributed by atoms with E-state index in [1.807, 2.05) is 18.2 Å². The maximum Gasteiger partial charge on any atom is 0.319 e. The van der Waals surface area contributed by atoms with Gasteiger partial charge in [0, 0.05) is 15.8 Å². The number of carbonyl (C=O) groups excluding carboxylic acids is 1. The molecule has 0 atom stereocenters. The predicted octanol–water partition coefficient (Wildman–Crippen LogP) is 2.67. The molecule has 2 rings (SSSR count). The summed E-state index contributed by atoms with van der Waals surface area (Å²) in [6.07, 6.45) is 2.17. The van der Waals surface area contributed by atoms with Crippen molar-refractivity contribution in [3.63, 3.8) is 0 Å². The smallest absolute Gasteiger partial charge is 0.319 e. The minimum Gasteiger partial charge on any atom is -0.481 e. The summed E-state index contributed by atoms with van der Waals surface area (Å²) in [5, 5.41) is 14.5. The van der Waals surface area contributed by atoms with Gasteiger partial charge >= 0.3 is 12.0 Å². The van der Waals surface area contributed by atoms with Crippen LogP contribution in [0.4, 0.5) is 10.5 Å². The summed E-state index contributed by atoms with van der Waals surface area (Å²) in [5.74, 6) is -0.826. The van der Waals surface area contributed by atoms with Crippen molar-refractivity contribution in [2.45, 2.75) is 19.3 Å². The van der Waals surface area contributed by atoms with Crippen LogP contribution in [0.25, 0.3) is 0 Å². The number of anilines is 1. The summed E-state index contributed by atoms with van der Waals surface area (Å²) < 4.78 is 1.02. The summed E-state index contributed by atoms with van der Waals surface area (Å²) in [4.78, 5) is 22.9. The number of urea groups is 1. The zero-order chi connectivity index (χ0) is 13.9. The summed E-state index contributed by atoms with van der Waals surface area (Å²) in [7, 11) is 0. The SMILES string of the molecule is O=C(NCC1(C(=O)O)CCC1)Nc1cccc(I)c1. The number of halogens is 1. The van der Waals surface area contributed by atoms with Crippen LogP contribution in [0.2, 0.25) is 0 Å². The third kappa shape index (κ3) is 3.37. The first-order chi connectivity index (χ1) is 9.02. The molecule has 19 heavy (non-hydrogen) atoms. The fourth-order valence-electron chi connectivity index (χ4n) is 2.06. The molecule has 0 spiro atoms. The number of amides is 2. The number of hydrogen-bond acceptors (Lipinski definition) is 2. The van der Waals surface area contributed by atoms with Gasteiger partial charge in [0.15, 0.2) is 0 Å². The molecule has 0 saturated heterocycles. The van der Waals surface area contributed by atoms with Gasteiger partial charge in [-0.05, 0) is 53.6 Å². The lowest BCUT2D eigenvalue weighted by molar-refractivity contribution is -0.153. The molecule has 2 amide bonds. The highest BCUT2D eigenvalue weighted by atomic mass is 127. The Morgan fingerprint density at radius 2 is 2.11 bits per heavy atom. The number of rotatable bonds is 4. The standard InChI is InChI=1S/C13H15IN2O3/c14-9-3-1-4-10(7-9)16-12(19)15-8-13(11(17)18)5-2-6-13/h1,3-4,7H,2,5-6,8H2,(H,17,18)(H2,15,16,19). The molecule has 1 aromatic rings. The number of carboxylic acid groups (broad SMARTS) is 1. The molecule has 1 saturated carbocycles. The minimum absolute atomic E-state index is 0.179. The lowest BCUT2D eigenvalue weighted by atomic mass is 9.69. The highest BCUT2D eigenvalue weighted by Crippen LogP contribution is 2.40. The molecular weight excluding hydrogens is 359 g/mol. The fraction of sp³-hybridized carbons (Fsp3) is 0.385. The van der Waals surface area contributed by atoms with E-state index in [0.29, 0.717) is 18.5 Å². The van der Waals surface area contributed by atoms with Gasteiger partial charge in [-0.25, -0.2) is 4.79 Å². The van der Waals surface area contributed by atoms with Crippen molar-refractivity contribution in [1.29, 1.82) is 0 Å². The summed E-state index contributed by atoms with van der Waals surface area (Å²) >= 11 is 2.16. The molecule has 6 heteroatoms. The van der Waals surface area contributed by atoms with E-state index in [0.717, 1.165) is 9.99 Å². The van der Waals surface area contributed by atoms with Gasteiger partial charge < -0.3 is 15.7 Å². The Hall–Kier alpha value is -1.31. The van der Waals surface area contributed by atoms with Gasteiger partial charge in [0.05, 0.1) is 5.41 Å². The van der Waals surface area contributed by atoms with Crippen molar-refractivity contribution in [1.82, 2.24) is 5.32 Å². The van der Waals surface area contributed by atoms with E-state index in [2.05, 4.69) is 33.2 Å². The molecule has 0 bridgehead atoms. The van der Waals surface area contributed by atoms with Crippen LogP contribution in [0, 0.1) is 8.99 Å². The first-order valence-electron chi connectivity index (χ1n) is 6.06. The third-order valence-corrected chi connectivity index (χ3v) is 4.11. The van der Waals surface area contributed by atoms with E-state index < -0.39 is 11.4 Å². The van der Waals surface area contributed by atoms with Crippen LogP contribution < -0.4 is 10.6 Å². The van der Waals surface area contributed by atoms with Crippen molar-refractivity contribution >= 4 is 40.3 Å². The largest absolute Gasteiger partial charge is 0.481 e. The molecule has 0 unspecified atom stereocenters. The molecule has 1 aliphatic carbocycles. The Bertz CT molecular complexity index is 500. The minimum atomic E-state index is -0.826. The molecule has 102 valence electrons. The highest BCUT2D eigenvalue weighted by molar-refractivity contribution is 14.1. The molecule has 0 heterocycles. The summed E-state index contributed by atoms with van der Waals surface area (Å²) in [6.45, 7) is 0.179. The molecule has 0 aromatic heterocycles. The first kappa shape index (κ1) is 14.1. The Morgan fingerprint density at radius 3 is 2.63 bits per heavy atom. The van der Waals surface area contributed by atoms with Crippen molar-refractivity contribution in [3.05, 3.63) is 27.8 Å². The second-order valence-corrected chi connectivity index (χ2v) is 6.00. The van der Waals surface area contributed by atoms with E-state index >= 15 is 0 Å². The number of aliphatic carboxylic acids is 1. The van der Waals surface area contributed by atoms with Crippen LogP contribution in [0.1, 0.15) is 19.3 Å². The lowest BCUT2D eigenvalue weighted by Crippen LogP contribution is -2.48. The van der Waals surface area contributed by atoms with Gasteiger partial charge in [0.1, 0.15) is 0 Å². The average Bonchev–Trinajstić information content (AvgIpc) is 2.26. The zero-order valence-electron chi connectivity index (χ0n) is 10.3. The van der Waals surface area contributed by atoms with Crippen molar-refractivity contribution in [3.8, 4) is 0 Å². The average molecular weight is 374 g/mol. The fourth-order valence-corrected chi connectivity index (χ4v) is 2.60. The zero-order valence-corrected chi connectivity index (χ0v) is 12.4. The van der Waals surface area contributed by atoms with Gasteiger partial charge in [-0.2, -0.15) is 0 Å². The Kier molecular flexibility index (Phi) is 4.28. The molecule has 0 aliphatic heterocycles. The van der Waals surface area contributed by atoms with Crippen LogP contribution in [-0.4, -0.2) is 23.7 Å². The number of nitrogens with one attached hydrogen (secondary N) is 2.